The Hall–Kier alpha value is -0.930. The molecular formula is C8H8ClNO2. The maximum Gasteiger partial charge on any atom is 0.142 e. The highest BCUT2D eigenvalue weighted by Crippen LogP contribution is 2.41. The summed E-state index contributed by atoms with van der Waals surface area (Å²) in [6, 6.07) is 3.04. The average molecular weight is 186 g/mol. The summed E-state index contributed by atoms with van der Waals surface area (Å²) in [6.45, 7) is 0.406. The Labute approximate surface area is 74.7 Å². The van der Waals surface area contributed by atoms with Crippen molar-refractivity contribution in [2.75, 3.05) is 6.61 Å². The lowest BCUT2D eigenvalue weighted by Gasteiger charge is -2.04. The van der Waals surface area contributed by atoms with E-state index in [1.54, 1.807) is 12.1 Å². The van der Waals surface area contributed by atoms with Crippen LogP contribution in [0.1, 0.15) is 11.6 Å². The molecular weight excluding hydrogens is 178 g/mol. The standard InChI is InChI=1S/C8H8ClNO2/c9-4-1-2-6-7(8(4)11)5(10)3-12-6/h1-2,5,11H,3,10H2/t5-/m1/s1. The molecule has 1 aromatic rings. The van der Waals surface area contributed by atoms with Crippen molar-refractivity contribution in [1.29, 1.82) is 0 Å². The number of hydrogen-bond donors (Lipinski definition) is 2. The van der Waals surface area contributed by atoms with E-state index in [1.807, 2.05) is 0 Å². The molecule has 0 spiro atoms. The van der Waals surface area contributed by atoms with Crippen LogP contribution in [0.15, 0.2) is 12.1 Å². The first kappa shape index (κ1) is 7.71. The van der Waals surface area contributed by atoms with Gasteiger partial charge in [0.2, 0.25) is 0 Å². The highest BCUT2D eigenvalue weighted by molar-refractivity contribution is 6.32. The smallest absolute Gasteiger partial charge is 0.142 e. The van der Waals surface area contributed by atoms with Crippen molar-refractivity contribution in [3.05, 3.63) is 22.7 Å². The quantitative estimate of drug-likeness (QED) is 0.643. The SMILES string of the molecule is N[C@@H]1COc2ccc(Cl)c(O)c21. The largest absolute Gasteiger partial charge is 0.506 e. The van der Waals surface area contributed by atoms with Gasteiger partial charge in [-0.3, -0.25) is 0 Å². The summed E-state index contributed by atoms with van der Waals surface area (Å²) in [6.07, 6.45) is 0. The Balaban J connectivity index is 2.63. The minimum absolute atomic E-state index is 0.0409. The van der Waals surface area contributed by atoms with E-state index in [9.17, 15) is 5.11 Å². The molecule has 64 valence electrons. The fourth-order valence-corrected chi connectivity index (χ4v) is 1.47. The number of benzene rings is 1. The Morgan fingerprint density at radius 1 is 1.58 bits per heavy atom. The van der Waals surface area contributed by atoms with Crippen LogP contribution < -0.4 is 10.5 Å². The van der Waals surface area contributed by atoms with Gasteiger partial charge < -0.3 is 15.6 Å². The van der Waals surface area contributed by atoms with Crippen molar-refractivity contribution in [2.24, 2.45) is 5.73 Å². The average Bonchev–Trinajstić information content (AvgIpc) is 2.41. The van der Waals surface area contributed by atoms with Crippen LogP contribution in [0.2, 0.25) is 5.02 Å². The lowest BCUT2D eigenvalue weighted by atomic mass is 10.1. The summed E-state index contributed by atoms with van der Waals surface area (Å²) in [7, 11) is 0. The second kappa shape index (κ2) is 2.54. The fourth-order valence-electron chi connectivity index (χ4n) is 1.31. The Morgan fingerprint density at radius 3 is 3.08 bits per heavy atom. The fraction of sp³-hybridized carbons (Fsp3) is 0.250. The number of halogens is 1. The van der Waals surface area contributed by atoms with Gasteiger partial charge in [0, 0.05) is 0 Å². The van der Waals surface area contributed by atoms with Crippen LogP contribution >= 0.6 is 11.6 Å². The number of rotatable bonds is 0. The highest BCUT2D eigenvalue weighted by atomic mass is 35.5. The van der Waals surface area contributed by atoms with Gasteiger partial charge in [0.05, 0.1) is 16.6 Å². The van der Waals surface area contributed by atoms with Crippen molar-refractivity contribution < 1.29 is 9.84 Å². The van der Waals surface area contributed by atoms with Crippen LogP contribution in [-0.2, 0) is 0 Å². The van der Waals surface area contributed by atoms with Gasteiger partial charge in [-0.25, -0.2) is 0 Å². The molecule has 1 aliphatic rings. The first-order valence-corrected chi connectivity index (χ1v) is 3.97. The zero-order valence-electron chi connectivity index (χ0n) is 6.25. The maximum atomic E-state index is 9.50. The molecule has 0 radical (unpaired) electrons. The van der Waals surface area contributed by atoms with Gasteiger partial charge in [0.1, 0.15) is 18.1 Å². The molecule has 0 unspecified atom stereocenters. The third-order valence-electron chi connectivity index (χ3n) is 1.92. The zero-order valence-corrected chi connectivity index (χ0v) is 7.01. The van der Waals surface area contributed by atoms with Gasteiger partial charge in [0.15, 0.2) is 0 Å². The minimum Gasteiger partial charge on any atom is -0.506 e. The van der Waals surface area contributed by atoms with E-state index in [1.165, 1.54) is 0 Å². The van der Waals surface area contributed by atoms with Gasteiger partial charge in [-0.2, -0.15) is 0 Å². The molecule has 0 bridgehead atoms. The molecule has 0 aromatic heterocycles. The van der Waals surface area contributed by atoms with Crippen LogP contribution in [0, 0.1) is 0 Å². The molecule has 1 aromatic carbocycles. The van der Waals surface area contributed by atoms with E-state index < -0.39 is 0 Å². The number of ether oxygens (including phenoxy) is 1. The first-order chi connectivity index (χ1) is 5.70. The monoisotopic (exact) mass is 185 g/mol. The molecule has 0 saturated carbocycles. The van der Waals surface area contributed by atoms with Crippen molar-refractivity contribution in [3.63, 3.8) is 0 Å². The third kappa shape index (κ3) is 0.940. The van der Waals surface area contributed by atoms with Gasteiger partial charge in [-0.05, 0) is 12.1 Å². The van der Waals surface area contributed by atoms with E-state index in [-0.39, 0.29) is 11.8 Å². The van der Waals surface area contributed by atoms with Gasteiger partial charge in [-0.1, -0.05) is 11.6 Å². The second-order valence-corrected chi connectivity index (χ2v) is 3.13. The third-order valence-corrected chi connectivity index (χ3v) is 2.22. The van der Waals surface area contributed by atoms with Crippen molar-refractivity contribution in [3.8, 4) is 11.5 Å². The predicted molar refractivity (Wildman–Crippen MR) is 45.5 cm³/mol. The summed E-state index contributed by atoms with van der Waals surface area (Å²) in [5.74, 6) is 0.670. The van der Waals surface area contributed by atoms with Crippen molar-refractivity contribution in [1.82, 2.24) is 0 Å². The Kier molecular flexibility index (Phi) is 1.63. The van der Waals surface area contributed by atoms with Crippen LogP contribution in [0.4, 0.5) is 0 Å². The number of nitrogens with two attached hydrogens (primary N) is 1. The maximum absolute atomic E-state index is 9.50. The predicted octanol–water partition coefficient (Wildman–Crippen LogP) is 1.44. The van der Waals surface area contributed by atoms with E-state index in [0.717, 1.165) is 0 Å². The van der Waals surface area contributed by atoms with Crippen molar-refractivity contribution >= 4 is 11.6 Å². The van der Waals surface area contributed by atoms with Crippen LogP contribution in [0.25, 0.3) is 0 Å². The van der Waals surface area contributed by atoms with E-state index in [4.69, 9.17) is 22.1 Å². The molecule has 0 fully saturated rings. The van der Waals surface area contributed by atoms with Crippen LogP contribution in [-0.4, -0.2) is 11.7 Å². The molecule has 0 amide bonds. The number of phenols is 1. The lowest BCUT2D eigenvalue weighted by molar-refractivity contribution is 0.333. The molecule has 3 N–H and O–H groups in total. The summed E-state index contributed by atoms with van der Waals surface area (Å²) in [5, 5.41) is 9.81. The van der Waals surface area contributed by atoms with Crippen molar-refractivity contribution in [2.45, 2.75) is 6.04 Å². The van der Waals surface area contributed by atoms with Crippen LogP contribution in [0.5, 0.6) is 11.5 Å². The molecule has 0 saturated heterocycles. The number of aromatic hydroxyl groups is 1. The molecule has 1 aliphatic heterocycles. The van der Waals surface area contributed by atoms with E-state index in [2.05, 4.69) is 0 Å². The summed E-state index contributed by atoms with van der Waals surface area (Å²) in [4.78, 5) is 0. The normalized spacial score (nSPS) is 20.3. The molecule has 1 atom stereocenters. The van der Waals surface area contributed by atoms with E-state index >= 15 is 0 Å². The number of fused-ring (bicyclic) bond motifs is 1. The summed E-state index contributed by atoms with van der Waals surface area (Å²) < 4.78 is 5.20. The molecule has 0 aliphatic carbocycles. The topological polar surface area (TPSA) is 55.5 Å². The van der Waals surface area contributed by atoms with Gasteiger partial charge in [0.25, 0.3) is 0 Å². The molecule has 1 heterocycles. The second-order valence-electron chi connectivity index (χ2n) is 2.73. The Bertz CT molecular complexity index is 327. The first-order valence-electron chi connectivity index (χ1n) is 3.60. The molecule has 12 heavy (non-hydrogen) atoms. The molecule has 4 heteroatoms. The van der Waals surface area contributed by atoms with Crippen LogP contribution in [0.3, 0.4) is 0 Å². The summed E-state index contributed by atoms with van der Waals surface area (Å²) >= 11 is 5.70. The lowest BCUT2D eigenvalue weighted by Crippen LogP contribution is -2.10. The van der Waals surface area contributed by atoms with E-state index in [0.29, 0.717) is 22.9 Å². The Morgan fingerprint density at radius 2 is 2.33 bits per heavy atom. The number of hydrogen-bond acceptors (Lipinski definition) is 3. The molecule has 3 nitrogen and oxygen atoms in total. The number of phenolic OH excluding ortho intramolecular Hbond substituents is 1. The minimum atomic E-state index is -0.265. The summed E-state index contributed by atoms with van der Waals surface area (Å²) in [5.41, 5.74) is 6.29. The van der Waals surface area contributed by atoms with Gasteiger partial charge in [-0.15, -0.1) is 0 Å². The highest BCUT2D eigenvalue weighted by Gasteiger charge is 2.25. The molecule has 2 rings (SSSR count). The zero-order chi connectivity index (χ0) is 8.72. The van der Waals surface area contributed by atoms with Gasteiger partial charge >= 0.3 is 0 Å².